The van der Waals surface area contributed by atoms with Crippen molar-refractivity contribution in [3.63, 3.8) is 0 Å². The van der Waals surface area contributed by atoms with Gasteiger partial charge in [0.1, 0.15) is 0 Å². The van der Waals surface area contributed by atoms with Crippen LogP contribution in [0.15, 0.2) is 24.3 Å². The van der Waals surface area contributed by atoms with Gasteiger partial charge in [0.05, 0.1) is 5.75 Å². The molecule has 1 aliphatic rings. The van der Waals surface area contributed by atoms with Gasteiger partial charge in [-0.3, -0.25) is 4.79 Å². The summed E-state index contributed by atoms with van der Waals surface area (Å²) in [6.45, 7) is 6.92. The van der Waals surface area contributed by atoms with Crippen molar-refractivity contribution in [2.24, 2.45) is 11.3 Å². The van der Waals surface area contributed by atoms with Crippen LogP contribution in [0.25, 0.3) is 0 Å². The quantitative estimate of drug-likeness (QED) is 0.830. The van der Waals surface area contributed by atoms with Crippen molar-refractivity contribution in [2.75, 3.05) is 6.26 Å². The number of hydrogen-bond donors (Lipinski definition) is 1. The van der Waals surface area contributed by atoms with Crippen molar-refractivity contribution in [1.82, 2.24) is 5.32 Å². The molecule has 1 aromatic rings. The topological polar surface area (TPSA) is 63.2 Å². The summed E-state index contributed by atoms with van der Waals surface area (Å²) in [5.74, 6) is 0.586. The van der Waals surface area contributed by atoms with Crippen LogP contribution in [0.2, 0.25) is 0 Å². The molecule has 1 aromatic carbocycles. The maximum absolute atomic E-state index is 12.5. The highest BCUT2D eigenvalue weighted by atomic mass is 32.2. The first-order valence-electron chi connectivity index (χ1n) is 9.18. The lowest BCUT2D eigenvalue weighted by Gasteiger charge is -2.39. The molecule has 1 fully saturated rings. The van der Waals surface area contributed by atoms with E-state index in [4.69, 9.17) is 0 Å². The van der Waals surface area contributed by atoms with Crippen LogP contribution in [0.3, 0.4) is 0 Å². The maximum Gasteiger partial charge on any atom is 0.251 e. The fourth-order valence-electron chi connectivity index (χ4n) is 3.68. The molecule has 1 saturated carbocycles. The fourth-order valence-corrected chi connectivity index (χ4v) is 4.47. The number of sulfone groups is 1. The zero-order valence-corrected chi connectivity index (χ0v) is 16.7. The van der Waals surface area contributed by atoms with Crippen LogP contribution in [-0.2, 0) is 15.6 Å². The van der Waals surface area contributed by atoms with Crippen LogP contribution in [0.4, 0.5) is 0 Å². The highest BCUT2D eigenvalue weighted by Gasteiger charge is 2.32. The van der Waals surface area contributed by atoms with Gasteiger partial charge in [0.15, 0.2) is 9.84 Å². The van der Waals surface area contributed by atoms with E-state index >= 15 is 0 Å². The molecule has 4 nitrogen and oxygen atoms in total. The first kappa shape index (κ1) is 20.0. The van der Waals surface area contributed by atoms with Gasteiger partial charge in [0.25, 0.3) is 5.91 Å². The molecule has 0 unspecified atom stereocenters. The fraction of sp³-hybridized carbons (Fsp3) is 0.650. The highest BCUT2D eigenvalue weighted by Crippen LogP contribution is 2.40. The summed E-state index contributed by atoms with van der Waals surface area (Å²) in [6, 6.07) is 7.14. The van der Waals surface area contributed by atoms with Crippen molar-refractivity contribution < 1.29 is 13.2 Å². The second-order valence-electron chi connectivity index (χ2n) is 8.13. The third-order valence-corrected chi connectivity index (χ3v) is 6.55. The Bertz CT molecular complexity index is 701. The minimum absolute atomic E-state index is 0.0364. The maximum atomic E-state index is 12.5. The number of nitrogens with one attached hydrogen (secondary N) is 1. The van der Waals surface area contributed by atoms with Crippen LogP contribution >= 0.6 is 0 Å². The first-order valence-corrected chi connectivity index (χ1v) is 11.2. The first-order chi connectivity index (χ1) is 11.6. The Labute approximate surface area is 152 Å². The molecular formula is C20H31NO3S. The molecule has 0 aromatic heterocycles. The van der Waals surface area contributed by atoms with Gasteiger partial charge in [-0.2, -0.15) is 0 Å². The van der Waals surface area contributed by atoms with Gasteiger partial charge in [-0.25, -0.2) is 8.42 Å². The zero-order chi connectivity index (χ0) is 18.7. The summed E-state index contributed by atoms with van der Waals surface area (Å²) in [5, 5.41) is 3.13. The van der Waals surface area contributed by atoms with E-state index in [2.05, 4.69) is 26.1 Å². The van der Waals surface area contributed by atoms with Gasteiger partial charge in [0, 0.05) is 17.9 Å². The normalized spacial score (nSPS) is 21.8. The van der Waals surface area contributed by atoms with Crippen molar-refractivity contribution in [2.45, 2.75) is 64.7 Å². The Hall–Kier alpha value is -1.36. The number of carbonyl (C=O) groups excluding carboxylic acids is 1. The van der Waals surface area contributed by atoms with E-state index in [1.54, 1.807) is 24.3 Å². The van der Waals surface area contributed by atoms with E-state index in [0.29, 0.717) is 16.5 Å². The minimum atomic E-state index is -3.10. The van der Waals surface area contributed by atoms with Gasteiger partial charge in [-0.15, -0.1) is 0 Å². The Morgan fingerprint density at radius 3 is 2.40 bits per heavy atom. The molecule has 0 atom stereocenters. The van der Waals surface area contributed by atoms with Crippen LogP contribution in [0.5, 0.6) is 0 Å². The number of hydrogen-bond acceptors (Lipinski definition) is 3. The van der Waals surface area contributed by atoms with E-state index in [-0.39, 0.29) is 17.7 Å². The SMILES string of the molecule is CCC(C)(C)C1CCC(NC(=O)c2cccc(CS(C)(=O)=O)c2)CC1. The molecule has 0 saturated heterocycles. The van der Waals surface area contributed by atoms with Gasteiger partial charge < -0.3 is 5.32 Å². The molecule has 0 aliphatic heterocycles. The molecule has 5 heteroatoms. The Morgan fingerprint density at radius 1 is 1.20 bits per heavy atom. The number of rotatable bonds is 6. The highest BCUT2D eigenvalue weighted by molar-refractivity contribution is 7.89. The largest absolute Gasteiger partial charge is 0.349 e. The van der Waals surface area contributed by atoms with Crippen molar-refractivity contribution in [3.8, 4) is 0 Å². The molecule has 1 N–H and O–H groups in total. The lowest BCUT2D eigenvalue weighted by atomic mass is 9.69. The van der Waals surface area contributed by atoms with E-state index < -0.39 is 9.84 Å². The lowest BCUT2D eigenvalue weighted by molar-refractivity contribution is 0.0893. The molecule has 1 aliphatic carbocycles. The zero-order valence-electron chi connectivity index (χ0n) is 15.8. The monoisotopic (exact) mass is 365 g/mol. The summed E-state index contributed by atoms with van der Waals surface area (Å²) < 4.78 is 22.9. The molecule has 0 spiro atoms. The summed E-state index contributed by atoms with van der Waals surface area (Å²) >= 11 is 0. The molecule has 0 bridgehead atoms. The Kier molecular flexibility index (Phi) is 6.30. The summed E-state index contributed by atoms with van der Waals surface area (Å²) in [4.78, 5) is 12.5. The molecule has 1 amide bonds. The van der Waals surface area contributed by atoms with Crippen molar-refractivity contribution in [1.29, 1.82) is 0 Å². The Balaban J connectivity index is 1.94. The minimum Gasteiger partial charge on any atom is -0.349 e. The molecule has 0 heterocycles. The van der Waals surface area contributed by atoms with E-state index in [1.165, 1.54) is 12.7 Å². The molecule has 140 valence electrons. The van der Waals surface area contributed by atoms with E-state index in [1.807, 2.05) is 0 Å². The predicted octanol–water partition coefficient (Wildman–Crippen LogP) is 3.96. The van der Waals surface area contributed by atoms with Gasteiger partial charge in [-0.1, -0.05) is 39.3 Å². The number of benzene rings is 1. The third-order valence-electron chi connectivity index (χ3n) is 5.70. The molecule has 25 heavy (non-hydrogen) atoms. The summed E-state index contributed by atoms with van der Waals surface area (Å²) in [7, 11) is -3.10. The van der Waals surface area contributed by atoms with E-state index in [9.17, 15) is 13.2 Å². The second-order valence-corrected chi connectivity index (χ2v) is 10.3. The van der Waals surface area contributed by atoms with Crippen LogP contribution in [0, 0.1) is 11.3 Å². The van der Waals surface area contributed by atoms with Gasteiger partial charge in [-0.05, 0) is 54.7 Å². The summed E-state index contributed by atoms with van der Waals surface area (Å²) in [6.07, 6.45) is 6.73. The van der Waals surface area contributed by atoms with Crippen LogP contribution in [0.1, 0.15) is 68.8 Å². The average molecular weight is 366 g/mol. The molecule has 0 radical (unpaired) electrons. The smallest absolute Gasteiger partial charge is 0.251 e. The van der Waals surface area contributed by atoms with Gasteiger partial charge >= 0.3 is 0 Å². The summed E-state index contributed by atoms with van der Waals surface area (Å²) in [5.41, 5.74) is 1.57. The number of amides is 1. The predicted molar refractivity (Wildman–Crippen MR) is 102 cm³/mol. The van der Waals surface area contributed by atoms with E-state index in [0.717, 1.165) is 31.6 Å². The van der Waals surface area contributed by atoms with Crippen LogP contribution in [-0.4, -0.2) is 26.6 Å². The Morgan fingerprint density at radius 2 is 1.84 bits per heavy atom. The van der Waals surface area contributed by atoms with Crippen molar-refractivity contribution in [3.05, 3.63) is 35.4 Å². The number of carbonyl (C=O) groups is 1. The second kappa shape index (κ2) is 7.90. The standard InChI is InChI=1S/C20H31NO3S/c1-5-20(2,3)17-9-11-18(12-10-17)21-19(22)16-8-6-7-15(13-16)14-25(4,23)24/h6-8,13,17-18H,5,9-12,14H2,1-4H3,(H,21,22). The third kappa shape index (κ3) is 5.84. The lowest BCUT2D eigenvalue weighted by Crippen LogP contribution is -2.39. The van der Waals surface area contributed by atoms with Crippen molar-refractivity contribution >= 4 is 15.7 Å². The van der Waals surface area contributed by atoms with Crippen LogP contribution < -0.4 is 5.32 Å². The molecular weight excluding hydrogens is 334 g/mol. The van der Waals surface area contributed by atoms with Gasteiger partial charge in [0.2, 0.25) is 0 Å². The molecule has 2 rings (SSSR count). The average Bonchev–Trinajstić information content (AvgIpc) is 2.54.